The maximum atomic E-state index is 3.51. The fourth-order valence-corrected chi connectivity index (χ4v) is 3.37. The van der Waals surface area contributed by atoms with Gasteiger partial charge in [0, 0.05) is 6.04 Å². The molecule has 1 aromatic rings. The van der Waals surface area contributed by atoms with Crippen LogP contribution in [-0.2, 0) is 6.42 Å². The van der Waals surface area contributed by atoms with Crippen molar-refractivity contribution in [1.29, 1.82) is 0 Å². The largest absolute Gasteiger partial charge is 0.317 e. The summed E-state index contributed by atoms with van der Waals surface area (Å²) >= 11 is 0. The minimum atomic E-state index is 0.726. The molecule has 0 bridgehead atoms. The van der Waals surface area contributed by atoms with E-state index in [0.29, 0.717) is 0 Å². The Kier molecular flexibility index (Phi) is 6.43. The highest BCUT2D eigenvalue weighted by atomic mass is 14.9. The minimum absolute atomic E-state index is 0.726. The van der Waals surface area contributed by atoms with Gasteiger partial charge < -0.3 is 5.32 Å². The molecule has 0 radical (unpaired) electrons. The zero-order valence-corrected chi connectivity index (χ0v) is 12.4. The lowest BCUT2D eigenvalue weighted by Crippen LogP contribution is -2.25. The van der Waals surface area contributed by atoms with Crippen molar-refractivity contribution in [2.75, 3.05) is 7.05 Å². The molecule has 1 aliphatic rings. The summed E-state index contributed by atoms with van der Waals surface area (Å²) in [5, 5.41) is 3.51. The number of benzene rings is 1. The van der Waals surface area contributed by atoms with Crippen LogP contribution in [0.15, 0.2) is 30.3 Å². The Morgan fingerprint density at radius 2 is 1.84 bits per heavy atom. The molecule has 0 saturated heterocycles. The Labute approximate surface area is 118 Å². The molecule has 1 unspecified atom stereocenters. The molecule has 2 rings (SSSR count). The highest BCUT2D eigenvalue weighted by molar-refractivity contribution is 5.14. The zero-order valence-electron chi connectivity index (χ0n) is 12.4. The summed E-state index contributed by atoms with van der Waals surface area (Å²) in [5.74, 6) is 1.03. The van der Waals surface area contributed by atoms with Gasteiger partial charge in [0.2, 0.25) is 0 Å². The second kappa shape index (κ2) is 8.37. The van der Waals surface area contributed by atoms with E-state index in [0.717, 1.165) is 12.0 Å². The van der Waals surface area contributed by atoms with E-state index in [1.165, 1.54) is 63.4 Å². The summed E-state index contributed by atoms with van der Waals surface area (Å²) in [6.45, 7) is 0. The molecule has 106 valence electrons. The number of nitrogens with one attached hydrogen (secondary N) is 1. The molecule has 1 heteroatoms. The van der Waals surface area contributed by atoms with Crippen LogP contribution in [0, 0.1) is 5.92 Å². The molecular formula is C18H29N. The molecule has 0 aliphatic heterocycles. The van der Waals surface area contributed by atoms with Gasteiger partial charge in [-0.1, -0.05) is 56.0 Å². The summed E-state index contributed by atoms with van der Waals surface area (Å²) in [5.41, 5.74) is 1.48. The summed E-state index contributed by atoms with van der Waals surface area (Å²) in [4.78, 5) is 0. The zero-order chi connectivity index (χ0) is 13.3. The fraction of sp³-hybridized carbons (Fsp3) is 0.667. The van der Waals surface area contributed by atoms with E-state index in [2.05, 4.69) is 42.7 Å². The van der Waals surface area contributed by atoms with E-state index in [9.17, 15) is 0 Å². The predicted octanol–water partition coefficient (Wildman–Crippen LogP) is 4.57. The van der Waals surface area contributed by atoms with Crippen molar-refractivity contribution in [3.63, 3.8) is 0 Å². The van der Waals surface area contributed by atoms with Gasteiger partial charge in [0.1, 0.15) is 0 Å². The molecule has 0 heterocycles. The first-order chi connectivity index (χ1) is 9.38. The van der Waals surface area contributed by atoms with Gasteiger partial charge in [0.15, 0.2) is 0 Å². The Morgan fingerprint density at radius 3 is 2.53 bits per heavy atom. The average molecular weight is 259 g/mol. The Morgan fingerprint density at radius 1 is 1.11 bits per heavy atom. The maximum Gasteiger partial charge on any atom is 0.00642 e. The van der Waals surface area contributed by atoms with E-state index < -0.39 is 0 Å². The summed E-state index contributed by atoms with van der Waals surface area (Å²) in [7, 11) is 2.13. The Bertz CT molecular complexity index is 327. The SMILES string of the molecule is CNC(CCCc1ccccc1)CCC1CCCC1. The fourth-order valence-electron chi connectivity index (χ4n) is 3.37. The highest BCUT2D eigenvalue weighted by Gasteiger charge is 2.16. The molecule has 1 aromatic carbocycles. The van der Waals surface area contributed by atoms with Crippen LogP contribution in [0.5, 0.6) is 0 Å². The molecule has 19 heavy (non-hydrogen) atoms. The van der Waals surface area contributed by atoms with Crippen LogP contribution in [0.1, 0.15) is 56.9 Å². The second-order valence-electron chi connectivity index (χ2n) is 6.09. The Hall–Kier alpha value is -0.820. The van der Waals surface area contributed by atoms with E-state index in [1.807, 2.05) is 0 Å². The number of aryl methyl sites for hydroxylation is 1. The standard InChI is InChI=1S/C18H29N/c1-19-18(15-14-17-10-5-6-11-17)13-7-12-16-8-3-2-4-9-16/h2-4,8-9,17-19H,5-7,10-15H2,1H3. The lowest BCUT2D eigenvalue weighted by Gasteiger charge is -2.18. The lowest BCUT2D eigenvalue weighted by atomic mass is 9.95. The van der Waals surface area contributed by atoms with Gasteiger partial charge >= 0.3 is 0 Å². The number of hydrogen-bond acceptors (Lipinski definition) is 1. The third-order valence-electron chi connectivity index (χ3n) is 4.67. The minimum Gasteiger partial charge on any atom is -0.317 e. The van der Waals surface area contributed by atoms with Crippen molar-refractivity contribution in [3.05, 3.63) is 35.9 Å². The molecule has 1 nitrogen and oxygen atoms in total. The van der Waals surface area contributed by atoms with Crippen LogP contribution in [0.2, 0.25) is 0 Å². The van der Waals surface area contributed by atoms with Crippen LogP contribution in [-0.4, -0.2) is 13.1 Å². The lowest BCUT2D eigenvalue weighted by molar-refractivity contribution is 0.400. The topological polar surface area (TPSA) is 12.0 Å². The van der Waals surface area contributed by atoms with Crippen molar-refractivity contribution in [3.8, 4) is 0 Å². The van der Waals surface area contributed by atoms with Gasteiger partial charge in [0.05, 0.1) is 0 Å². The van der Waals surface area contributed by atoms with Crippen LogP contribution < -0.4 is 5.32 Å². The smallest absolute Gasteiger partial charge is 0.00642 e. The van der Waals surface area contributed by atoms with Crippen molar-refractivity contribution in [1.82, 2.24) is 5.32 Å². The summed E-state index contributed by atoms with van der Waals surface area (Å²) < 4.78 is 0. The number of rotatable bonds is 8. The molecular weight excluding hydrogens is 230 g/mol. The van der Waals surface area contributed by atoms with Gasteiger partial charge in [-0.25, -0.2) is 0 Å². The third kappa shape index (κ3) is 5.36. The normalized spacial score (nSPS) is 17.7. The maximum absolute atomic E-state index is 3.51. The van der Waals surface area contributed by atoms with E-state index >= 15 is 0 Å². The first-order valence-corrected chi connectivity index (χ1v) is 8.09. The van der Waals surface area contributed by atoms with Crippen LogP contribution in [0.4, 0.5) is 0 Å². The summed E-state index contributed by atoms with van der Waals surface area (Å²) in [6.07, 6.45) is 12.6. The monoisotopic (exact) mass is 259 g/mol. The second-order valence-corrected chi connectivity index (χ2v) is 6.09. The summed E-state index contributed by atoms with van der Waals surface area (Å²) in [6, 6.07) is 11.6. The van der Waals surface area contributed by atoms with Gasteiger partial charge in [-0.15, -0.1) is 0 Å². The van der Waals surface area contributed by atoms with E-state index in [1.54, 1.807) is 0 Å². The van der Waals surface area contributed by atoms with E-state index in [4.69, 9.17) is 0 Å². The Balaban J connectivity index is 1.61. The van der Waals surface area contributed by atoms with Gasteiger partial charge in [-0.3, -0.25) is 0 Å². The first-order valence-electron chi connectivity index (χ1n) is 8.09. The molecule has 1 atom stereocenters. The third-order valence-corrected chi connectivity index (χ3v) is 4.67. The highest BCUT2D eigenvalue weighted by Crippen LogP contribution is 2.29. The molecule has 1 N–H and O–H groups in total. The van der Waals surface area contributed by atoms with E-state index in [-0.39, 0.29) is 0 Å². The van der Waals surface area contributed by atoms with Crippen molar-refractivity contribution >= 4 is 0 Å². The van der Waals surface area contributed by atoms with Gasteiger partial charge in [0.25, 0.3) is 0 Å². The predicted molar refractivity (Wildman–Crippen MR) is 83.4 cm³/mol. The van der Waals surface area contributed by atoms with Crippen LogP contribution >= 0.6 is 0 Å². The first kappa shape index (κ1) is 14.6. The molecule has 1 saturated carbocycles. The molecule has 1 fully saturated rings. The van der Waals surface area contributed by atoms with Crippen molar-refractivity contribution in [2.45, 2.75) is 63.8 Å². The average Bonchev–Trinajstić information content (AvgIpc) is 2.97. The van der Waals surface area contributed by atoms with Crippen molar-refractivity contribution < 1.29 is 0 Å². The van der Waals surface area contributed by atoms with Crippen LogP contribution in [0.25, 0.3) is 0 Å². The van der Waals surface area contributed by atoms with Gasteiger partial charge in [-0.05, 0) is 50.6 Å². The quantitative estimate of drug-likeness (QED) is 0.721. The number of hydrogen-bond donors (Lipinski definition) is 1. The van der Waals surface area contributed by atoms with Crippen molar-refractivity contribution in [2.24, 2.45) is 5.92 Å². The molecule has 0 spiro atoms. The molecule has 1 aliphatic carbocycles. The van der Waals surface area contributed by atoms with Crippen LogP contribution in [0.3, 0.4) is 0 Å². The molecule has 0 aromatic heterocycles. The molecule has 0 amide bonds. The van der Waals surface area contributed by atoms with Gasteiger partial charge in [-0.2, -0.15) is 0 Å².